The summed E-state index contributed by atoms with van der Waals surface area (Å²) in [7, 11) is 0. The molecular formula is C18H20N2O4S. The van der Waals surface area contributed by atoms with Gasteiger partial charge in [-0.2, -0.15) is 0 Å². The molecule has 0 bridgehead atoms. The lowest BCUT2D eigenvalue weighted by Crippen LogP contribution is -2.24. The molecular weight excluding hydrogens is 340 g/mol. The molecule has 7 heteroatoms. The van der Waals surface area contributed by atoms with Gasteiger partial charge in [0.05, 0.1) is 5.69 Å². The second-order valence-corrected chi connectivity index (χ2v) is 6.93. The van der Waals surface area contributed by atoms with E-state index in [0.717, 1.165) is 36.9 Å². The lowest BCUT2D eigenvalue weighted by atomic mass is 9.89. The molecule has 1 aromatic carbocycles. The Morgan fingerprint density at radius 3 is 2.60 bits per heavy atom. The molecule has 2 N–H and O–H groups in total. The Kier molecular flexibility index (Phi) is 5.65. The number of hydrogen-bond acceptors (Lipinski definition) is 5. The Balaban J connectivity index is 1.60. The molecule has 0 spiro atoms. The van der Waals surface area contributed by atoms with Crippen LogP contribution in [-0.2, 0) is 9.59 Å². The van der Waals surface area contributed by atoms with Crippen LogP contribution in [0.15, 0.2) is 29.6 Å². The molecule has 0 unspecified atom stereocenters. The second kappa shape index (κ2) is 8.11. The Bertz CT molecular complexity index is 736. The fourth-order valence-electron chi connectivity index (χ4n) is 2.90. The number of carboxylic acid groups (broad SMARTS) is 1. The first-order valence-electron chi connectivity index (χ1n) is 8.33. The van der Waals surface area contributed by atoms with Crippen LogP contribution in [0, 0.1) is 5.92 Å². The van der Waals surface area contributed by atoms with Gasteiger partial charge >= 0.3 is 5.97 Å². The summed E-state index contributed by atoms with van der Waals surface area (Å²) in [6, 6.07) is 7.05. The van der Waals surface area contributed by atoms with Crippen molar-refractivity contribution in [3.63, 3.8) is 0 Å². The first-order valence-corrected chi connectivity index (χ1v) is 9.21. The highest BCUT2D eigenvalue weighted by Gasteiger charge is 2.21. The average Bonchev–Trinajstić information content (AvgIpc) is 3.09. The Hall–Kier alpha value is -2.41. The smallest absolute Gasteiger partial charge is 0.341 e. The SMILES string of the molecule is O=C(O)COc1ccc(-c2csc(NC(=O)C3CCCCC3)n2)cc1. The van der Waals surface area contributed by atoms with Gasteiger partial charge in [-0.3, -0.25) is 4.79 Å². The number of benzene rings is 1. The minimum atomic E-state index is -1.01. The van der Waals surface area contributed by atoms with Crippen LogP contribution in [0.4, 0.5) is 5.13 Å². The normalized spacial score (nSPS) is 14.9. The fraction of sp³-hybridized carbons (Fsp3) is 0.389. The van der Waals surface area contributed by atoms with Crippen LogP contribution in [0.1, 0.15) is 32.1 Å². The van der Waals surface area contributed by atoms with Gasteiger partial charge in [0.25, 0.3) is 0 Å². The Labute approximate surface area is 149 Å². The Morgan fingerprint density at radius 1 is 1.20 bits per heavy atom. The van der Waals surface area contributed by atoms with Crippen molar-refractivity contribution in [2.45, 2.75) is 32.1 Å². The number of nitrogens with zero attached hydrogens (tertiary/aromatic N) is 1. The largest absolute Gasteiger partial charge is 0.482 e. The number of ether oxygens (including phenoxy) is 1. The Morgan fingerprint density at radius 2 is 1.92 bits per heavy atom. The zero-order valence-corrected chi connectivity index (χ0v) is 14.6. The lowest BCUT2D eigenvalue weighted by Gasteiger charge is -2.19. The molecule has 1 aliphatic carbocycles. The molecule has 1 fully saturated rings. The first-order chi connectivity index (χ1) is 12.1. The van der Waals surface area contributed by atoms with Gasteiger partial charge in [-0.25, -0.2) is 9.78 Å². The van der Waals surface area contributed by atoms with Crippen LogP contribution in [0.2, 0.25) is 0 Å². The van der Waals surface area contributed by atoms with Crippen molar-refractivity contribution in [3.8, 4) is 17.0 Å². The van der Waals surface area contributed by atoms with Crippen LogP contribution in [0.5, 0.6) is 5.75 Å². The molecule has 6 nitrogen and oxygen atoms in total. The van der Waals surface area contributed by atoms with Gasteiger partial charge in [0.2, 0.25) is 5.91 Å². The summed E-state index contributed by atoms with van der Waals surface area (Å²) < 4.78 is 5.11. The summed E-state index contributed by atoms with van der Waals surface area (Å²) in [6.45, 7) is -0.368. The molecule has 0 radical (unpaired) electrons. The van der Waals surface area contributed by atoms with Crippen molar-refractivity contribution < 1.29 is 19.4 Å². The van der Waals surface area contributed by atoms with Gasteiger partial charge in [-0.05, 0) is 37.1 Å². The number of carboxylic acids is 1. The molecule has 1 aliphatic rings. The van der Waals surface area contributed by atoms with Gasteiger partial charge in [-0.15, -0.1) is 11.3 Å². The van der Waals surface area contributed by atoms with E-state index in [2.05, 4.69) is 10.3 Å². The minimum absolute atomic E-state index is 0.0676. The number of nitrogens with one attached hydrogen (secondary N) is 1. The van der Waals surface area contributed by atoms with Gasteiger partial charge in [-0.1, -0.05) is 19.3 Å². The third-order valence-electron chi connectivity index (χ3n) is 4.22. The number of carbonyl (C=O) groups excluding carboxylic acids is 1. The maximum Gasteiger partial charge on any atom is 0.341 e. The molecule has 0 saturated heterocycles. The van der Waals surface area contributed by atoms with Crippen LogP contribution < -0.4 is 10.1 Å². The summed E-state index contributed by atoms with van der Waals surface area (Å²) in [5, 5.41) is 14.0. The van der Waals surface area contributed by atoms with E-state index < -0.39 is 5.97 Å². The number of carbonyl (C=O) groups is 2. The average molecular weight is 360 g/mol. The number of hydrogen-bond donors (Lipinski definition) is 2. The van der Waals surface area contributed by atoms with Crippen molar-refractivity contribution in [1.29, 1.82) is 0 Å². The van der Waals surface area contributed by atoms with E-state index >= 15 is 0 Å². The predicted molar refractivity (Wildman–Crippen MR) is 95.9 cm³/mol. The highest BCUT2D eigenvalue weighted by molar-refractivity contribution is 7.14. The monoisotopic (exact) mass is 360 g/mol. The van der Waals surface area contributed by atoms with E-state index in [9.17, 15) is 9.59 Å². The molecule has 25 heavy (non-hydrogen) atoms. The zero-order valence-electron chi connectivity index (χ0n) is 13.7. The van der Waals surface area contributed by atoms with Gasteiger partial charge in [0, 0.05) is 16.9 Å². The van der Waals surface area contributed by atoms with Gasteiger partial charge < -0.3 is 15.2 Å². The fourth-order valence-corrected chi connectivity index (χ4v) is 3.63. The number of aliphatic carboxylic acids is 1. The van der Waals surface area contributed by atoms with Gasteiger partial charge in [0.1, 0.15) is 5.75 Å². The van der Waals surface area contributed by atoms with E-state index in [0.29, 0.717) is 10.9 Å². The van der Waals surface area contributed by atoms with Crippen molar-refractivity contribution >= 4 is 28.3 Å². The minimum Gasteiger partial charge on any atom is -0.482 e. The van der Waals surface area contributed by atoms with Crippen LogP contribution in [0.25, 0.3) is 11.3 Å². The highest BCUT2D eigenvalue weighted by atomic mass is 32.1. The maximum atomic E-state index is 12.3. The predicted octanol–water partition coefficient (Wildman–Crippen LogP) is 3.79. The number of aromatic nitrogens is 1. The number of amides is 1. The van der Waals surface area contributed by atoms with Crippen molar-refractivity contribution in [2.75, 3.05) is 11.9 Å². The molecule has 2 aromatic rings. The van der Waals surface area contributed by atoms with E-state index in [-0.39, 0.29) is 18.4 Å². The summed E-state index contributed by atoms with van der Waals surface area (Å²) in [6.07, 6.45) is 5.39. The molecule has 3 rings (SSSR count). The lowest BCUT2D eigenvalue weighted by molar-refractivity contribution is -0.139. The van der Waals surface area contributed by atoms with Crippen LogP contribution >= 0.6 is 11.3 Å². The highest BCUT2D eigenvalue weighted by Crippen LogP contribution is 2.29. The van der Waals surface area contributed by atoms with E-state index in [1.807, 2.05) is 17.5 Å². The summed E-state index contributed by atoms with van der Waals surface area (Å²) >= 11 is 1.40. The van der Waals surface area contributed by atoms with Crippen molar-refractivity contribution in [3.05, 3.63) is 29.6 Å². The van der Waals surface area contributed by atoms with E-state index in [1.54, 1.807) is 12.1 Å². The number of anilines is 1. The standard InChI is InChI=1S/C18H20N2O4S/c21-16(22)10-24-14-8-6-12(7-9-14)15-11-25-18(19-15)20-17(23)13-4-2-1-3-5-13/h6-9,11,13H,1-5,10H2,(H,21,22)(H,19,20,23). The first kappa shape index (κ1) is 17.4. The number of rotatable bonds is 6. The third-order valence-corrected chi connectivity index (χ3v) is 4.98. The summed E-state index contributed by atoms with van der Waals surface area (Å²) in [4.78, 5) is 27.2. The molecule has 1 aromatic heterocycles. The molecule has 1 amide bonds. The van der Waals surface area contributed by atoms with E-state index in [4.69, 9.17) is 9.84 Å². The quantitative estimate of drug-likeness (QED) is 0.818. The van der Waals surface area contributed by atoms with Crippen molar-refractivity contribution in [2.24, 2.45) is 5.92 Å². The molecule has 1 heterocycles. The molecule has 0 aliphatic heterocycles. The second-order valence-electron chi connectivity index (χ2n) is 6.07. The maximum absolute atomic E-state index is 12.3. The molecule has 1 saturated carbocycles. The summed E-state index contributed by atoms with van der Waals surface area (Å²) in [5.41, 5.74) is 1.66. The van der Waals surface area contributed by atoms with Crippen molar-refractivity contribution in [1.82, 2.24) is 4.98 Å². The number of thiazole rings is 1. The van der Waals surface area contributed by atoms with Crippen LogP contribution in [-0.4, -0.2) is 28.6 Å². The zero-order chi connectivity index (χ0) is 17.6. The third kappa shape index (κ3) is 4.79. The molecule has 132 valence electrons. The topological polar surface area (TPSA) is 88.5 Å². The van der Waals surface area contributed by atoms with Gasteiger partial charge in [0.15, 0.2) is 11.7 Å². The molecule has 0 atom stereocenters. The van der Waals surface area contributed by atoms with Crippen LogP contribution in [0.3, 0.4) is 0 Å². The summed E-state index contributed by atoms with van der Waals surface area (Å²) in [5.74, 6) is -0.348. The van der Waals surface area contributed by atoms with E-state index in [1.165, 1.54) is 17.8 Å².